The van der Waals surface area contributed by atoms with Crippen LogP contribution in [0.2, 0.25) is 0 Å². The predicted molar refractivity (Wildman–Crippen MR) is 76.5 cm³/mol. The SMILES string of the molecule is COc1cccn2c(N)c(-c3cccc(C(F)F)c3)nc12. The quantitative estimate of drug-likeness (QED) is 0.802. The van der Waals surface area contributed by atoms with Gasteiger partial charge in [0.15, 0.2) is 11.4 Å². The number of rotatable bonds is 3. The van der Waals surface area contributed by atoms with Gasteiger partial charge in [0.2, 0.25) is 0 Å². The van der Waals surface area contributed by atoms with Crippen molar-refractivity contribution in [3.05, 3.63) is 48.2 Å². The molecule has 0 amide bonds. The number of nitrogens with zero attached hydrogens (tertiary/aromatic N) is 2. The van der Waals surface area contributed by atoms with Crippen LogP contribution in [0, 0.1) is 0 Å². The lowest BCUT2D eigenvalue weighted by molar-refractivity contribution is 0.151. The molecule has 0 aliphatic rings. The topological polar surface area (TPSA) is 52.5 Å². The lowest BCUT2D eigenvalue weighted by atomic mass is 10.1. The Kier molecular flexibility index (Phi) is 3.21. The Morgan fingerprint density at radius 1 is 1.24 bits per heavy atom. The second-order valence-electron chi connectivity index (χ2n) is 4.54. The molecule has 0 bridgehead atoms. The van der Waals surface area contributed by atoms with Crippen molar-refractivity contribution in [2.45, 2.75) is 6.43 Å². The first kappa shape index (κ1) is 13.4. The first-order chi connectivity index (χ1) is 10.1. The fraction of sp³-hybridized carbons (Fsp3) is 0.133. The molecule has 0 aliphatic heterocycles. The van der Waals surface area contributed by atoms with E-state index in [-0.39, 0.29) is 5.56 Å². The number of anilines is 1. The number of ether oxygens (including phenoxy) is 1. The summed E-state index contributed by atoms with van der Waals surface area (Å²) in [5.74, 6) is 0.954. The van der Waals surface area contributed by atoms with Crippen LogP contribution in [-0.4, -0.2) is 16.5 Å². The first-order valence-corrected chi connectivity index (χ1v) is 6.31. The van der Waals surface area contributed by atoms with Crippen molar-refractivity contribution in [3.8, 4) is 17.0 Å². The Labute approximate surface area is 119 Å². The largest absolute Gasteiger partial charge is 0.493 e. The number of nitrogen functional groups attached to an aromatic ring is 1. The Morgan fingerprint density at radius 2 is 2.05 bits per heavy atom. The van der Waals surface area contributed by atoms with Crippen LogP contribution in [0.15, 0.2) is 42.6 Å². The summed E-state index contributed by atoms with van der Waals surface area (Å²) in [6.07, 6.45) is -0.779. The van der Waals surface area contributed by atoms with E-state index in [2.05, 4.69) is 4.98 Å². The van der Waals surface area contributed by atoms with Crippen molar-refractivity contribution in [2.75, 3.05) is 12.8 Å². The van der Waals surface area contributed by atoms with Gasteiger partial charge < -0.3 is 10.5 Å². The monoisotopic (exact) mass is 289 g/mol. The van der Waals surface area contributed by atoms with Crippen LogP contribution in [0.25, 0.3) is 16.9 Å². The van der Waals surface area contributed by atoms with Gasteiger partial charge in [-0.05, 0) is 18.2 Å². The molecule has 2 N–H and O–H groups in total. The molecule has 2 aromatic heterocycles. The average Bonchev–Trinajstić information content (AvgIpc) is 2.85. The highest BCUT2D eigenvalue weighted by Gasteiger charge is 2.16. The van der Waals surface area contributed by atoms with Crippen molar-refractivity contribution < 1.29 is 13.5 Å². The smallest absolute Gasteiger partial charge is 0.263 e. The molecule has 0 saturated heterocycles. The van der Waals surface area contributed by atoms with E-state index in [4.69, 9.17) is 10.5 Å². The molecule has 6 heteroatoms. The second-order valence-corrected chi connectivity index (χ2v) is 4.54. The third-order valence-corrected chi connectivity index (χ3v) is 3.28. The number of hydrogen-bond donors (Lipinski definition) is 1. The van der Waals surface area contributed by atoms with Gasteiger partial charge in [0.25, 0.3) is 6.43 Å². The van der Waals surface area contributed by atoms with Crippen molar-refractivity contribution in [1.29, 1.82) is 0 Å². The third kappa shape index (κ3) is 2.18. The zero-order chi connectivity index (χ0) is 15.0. The first-order valence-electron chi connectivity index (χ1n) is 6.31. The fourth-order valence-electron chi connectivity index (χ4n) is 2.25. The Bertz CT molecular complexity index is 799. The maximum Gasteiger partial charge on any atom is 0.263 e. The van der Waals surface area contributed by atoms with Gasteiger partial charge >= 0.3 is 0 Å². The van der Waals surface area contributed by atoms with Crippen LogP contribution in [0.4, 0.5) is 14.6 Å². The van der Waals surface area contributed by atoms with E-state index >= 15 is 0 Å². The molecular weight excluding hydrogens is 276 g/mol. The molecule has 0 fully saturated rings. The number of fused-ring (bicyclic) bond motifs is 1. The molecule has 108 valence electrons. The third-order valence-electron chi connectivity index (χ3n) is 3.28. The Balaban J connectivity index is 2.21. The minimum absolute atomic E-state index is 0.0593. The summed E-state index contributed by atoms with van der Waals surface area (Å²) in [6, 6.07) is 9.59. The number of methoxy groups -OCH3 is 1. The normalized spacial score (nSPS) is 11.2. The summed E-state index contributed by atoms with van der Waals surface area (Å²) in [4.78, 5) is 4.42. The van der Waals surface area contributed by atoms with Crippen LogP contribution in [0.5, 0.6) is 5.75 Å². The number of hydrogen-bond acceptors (Lipinski definition) is 3. The summed E-state index contributed by atoms with van der Waals surface area (Å²) in [7, 11) is 1.54. The minimum atomic E-state index is -2.53. The molecule has 0 unspecified atom stereocenters. The van der Waals surface area contributed by atoms with Crippen molar-refractivity contribution in [3.63, 3.8) is 0 Å². The van der Waals surface area contributed by atoms with Crippen LogP contribution in [-0.2, 0) is 0 Å². The minimum Gasteiger partial charge on any atom is -0.493 e. The van der Waals surface area contributed by atoms with Crippen LogP contribution < -0.4 is 10.5 Å². The predicted octanol–water partition coefficient (Wildman–Crippen LogP) is 3.53. The highest BCUT2D eigenvalue weighted by Crippen LogP contribution is 2.32. The van der Waals surface area contributed by atoms with Crippen LogP contribution >= 0.6 is 0 Å². The molecule has 2 heterocycles. The van der Waals surface area contributed by atoms with Crippen molar-refractivity contribution in [2.24, 2.45) is 0 Å². The molecule has 3 rings (SSSR count). The van der Waals surface area contributed by atoms with Crippen LogP contribution in [0.3, 0.4) is 0 Å². The highest BCUT2D eigenvalue weighted by atomic mass is 19.3. The van der Waals surface area contributed by atoms with Gasteiger partial charge in [-0.2, -0.15) is 0 Å². The Morgan fingerprint density at radius 3 is 2.76 bits per heavy atom. The number of aromatic nitrogens is 2. The average molecular weight is 289 g/mol. The van der Waals surface area contributed by atoms with E-state index in [1.807, 2.05) is 0 Å². The van der Waals surface area contributed by atoms with Gasteiger partial charge in [0.1, 0.15) is 11.5 Å². The van der Waals surface area contributed by atoms with E-state index in [0.29, 0.717) is 28.5 Å². The molecule has 0 saturated carbocycles. The number of alkyl halides is 2. The van der Waals surface area contributed by atoms with Gasteiger partial charge in [-0.25, -0.2) is 13.8 Å². The molecular formula is C15H13F2N3O. The van der Waals surface area contributed by atoms with E-state index in [9.17, 15) is 8.78 Å². The van der Waals surface area contributed by atoms with E-state index in [1.54, 1.807) is 34.9 Å². The maximum absolute atomic E-state index is 12.8. The molecule has 4 nitrogen and oxygen atoms in total. The van der Waals surface area contributed by atoms with Gasteiger partial charge in [-0.15, -0.1) is 0 Å². The molecule has 0 aliphatic carbocycles. The number of imidazole rings is 1. The van der Waals surface area contributed by atoms with Crippen LogP contribution in [0.1, 0.15) is 12.0 Å². The van der Waals surface area contributed by atoms with Gasteiger partial charge in [0.05, 0.1) is 7.11 Å². The molecule has 3 aromatic rings. The molecule has 0 radical (unpaired) electrons. The highest BCUT2D eigenvalue weighted by molar-refractivity contribution is 5.77. The molecule has 1 aromatic carbocycles. The number of pyridine rings is 1. The summed E-state index contributed by atoms with van der Waals surface area (Å²) < 4.78 is 32.5. The fourth-order valence-corrected chi connectivity index (χ4v) is 2.25. The zero-order valence-corrected chi connectivity index (χ0v) is 11.3. The Hall–Kier alpha value is -2.63. The molecule has 0 atom stereocenters. The lowest BCUT2D eigenvalue weighted by Gasteiger charge is -2.03. The van der Waals surface area contributed by atoms with Gasteiger partial charge in [-0.1, -0.05) is 18.2 Å². The lowest BCUT2D eigenvalue weighted by Crippen LogP contribution is -1.95. The van der Waals surface area contributed by atoms with Crippen molar-refractivity contribution >= 4 is 11.5 Å². The van der Waals surface area contributed by atoms with E-state index in [1.165, 1.54) is 19.2 Å². The number of halogens is 2. The zero-order valence-electron chi connectivity index (χ0n) is 11.3. The number of benzene rings is 1. The number of nitrogens with two attached hydrogens (primary N) is 1. The molecule has 0 spiro atoms. The van der Waals surface area contributed by atoms with E-state index in [0.717, 1.165) is 0 Å². The van der Waals surface area contributed by atoms with Crippen molar-refractivity contribution in [1.82, 2.24) is 9.38 Å². The van der Waals surface area contributed by atoms with Gasteiger partial charge in [0, 0.05) is 17.3 Å². The van der Waals surface area contributed by atoms with Gasteiger partial charge in [-0.3, -0.25) is 4.40 Å². The summed E-state index contributed by atoms with van der Waals surface area (Å²) >= 11 is 0. The standard InChI is InChI=1S/C15H13F2N3O/c1-21-11-6-3-7-20-14(18)12(19-15(11)20)9-4-2-5-10(8-9)13(16)17/h2-8,13H,18H2,1H3. The second kappa shape index (κ2) is 5.05. The molecule has 21 heavy (non-hydrogen) atoms. The summed E-state index contributed by atoms with van der Waals surface area (Å²) in [6.45, 7) is 0. The summed E-state index contributed by atoms with van der Waals surface area (Å²) in [5, 5.41) is 0. The summed E-state index contributed by atoms with van der Waals surface area (Å²) in [5.41, 5.74) is 7.58. The maximum atomic E-state index is 12.8. The van der Waals surface area contributed by atoms with E-state index < -0.39 is 6.43 Å².